The standard InChI is InChI=1S/C24H12B7FO2/c1-33-11-7-4-8-12(34-2)13(11)9-5-3-6-10(24(9)32)14-15-16(19(27)21(29)17(14)25)20(28)23(31)22(30)18(15)26/h3-8H,1-2H3. The molecule has 0 spiro atoms. The summed E-state index contributed by atoms with van der Waals surface area (Å²) in [5, 5.41) is 0.516. The molecule has 4 aromatic rings. The largest absolute Gasteiger partial charge is 0.496 e. The van der Waals surface area contributed by atoms with Crippen LogP contribution in [0.3, 0.4) is 0 Å². The van der Waals surface area contributed by atoms with E-state index >= 15 is 4.39 Å². The quantitative estimate of drug-likeness (QED) is 0.348. The van der Waals surface area contributed by atoms with Gasteiger partial charge in [-0.15, -0.1) is 16.4 Å². The Kier molecular flexibility index (Phi) is 6.46. The molecule has 0 aliphatic carbocycles. The molecular formula is C24H12B7FO2. The molecule has 0 N–H and O–H groups in total. The van der Waals surface area contributed by atoms with Crippen molar-refractivity contribution in [3.63, 3.8) is 0 Å². The Morgan fingerprint density at radius 2 is 0.941 bits per heavy atom. The smallest absolute Gasteiger partial charge is 0.139 e. The molecule has 10 heteroatoms. The Bertz CT molecular complexity index is 1440. The monoisotopic (exact) mass is 428 g/mol. The number of hydrogen-bond donors (Lipinski definition) is 0. The zero-order valence-corrected chi connectivity index (χ0v) is 18.7. The molecule has 0 aliphatic heterocycles. The molecule has 0 aromatic heterocycles. The Balaban J connectivity index is 2.18. The van der Waals surface area contributed by atoms with Crippen LogP contribution in [-0.2, 0) is 0 Å². The Hall–Kier alpha value is -2.88. The SMILES string of the molecule is [B]c1c([B])c([B])c2c(-c3cccc(-c4c(OC)cccc4OC)c3F)c([B])c([B])c([B])c2c1[B]. The van der Waals surface area contributed by atoms with Crippen LogP contribution in [0.15, 0.2) is 36.4 Å². The van der Waals surface area contributed by atoms with Gasteiger partial charge in [-0.25, -0.2) is 4.39 Å². The van der Waals surface area contributed by atoms with E-state index in [1.807, 2.05) is 0 Å². The fraction of sp³-hybridized carbons (Fsp3) is 0.0833. The van der Waals surface area contributed by atoms with Gasteiger partial charge in [-0.2, -0.15) is 0 Å². The molecule has 4 rings (SSSR count). The summed E-state index contributed by atoms with van der Waals surface area (Å²) in [6.07, 6.45) is 0. The highest BCUT2D eigenvalue weighted by Crippen LogP contribution is 2.41. The molecule has 0 bridgehead atoms. The molecule has 0 fully saturated rings. The fourth-order valence-electron chi connectivity index (χ4n) is 4.23. The summed E-state index contributed by atoms with van der Waals surface area (Å²) in [5.74, 6) is 0.229. The number of fused-ring (bicyclic) bond motifs is 1. The van der Waals surface area contributed by atoms with Gasteiger partial charge in [0, 0.05) is 11.1 Å². The van der Waals surface area contributed by atoms with Crippen molar-refractivity contribution >= 4 is 104 Å². The lowest BCUT2D eigenvalue weighted by Gasteiger charge is -2.26. The van der Waals surface area contributed by atoms with Crippen LogP contribution < -0.4 is 47.7 Å². The van der Waals surface area contributed by atoms with Crippen molar-refractivity contribution in [2.24, 2.45) is 0 Å². The number of hydrogen-bond acceptors (Lipinski definition) is 2. The average Bonchev–Trinajstić information content (AvgIpc) is 2.84. The van der Waals surface area contributed by atoms with Crippen molar-refractivity contribution in [1.29, 1.82) is 0 Å². The summed E-state index contributed by atoms with van der Waals surface area (Å²) in [6, 6.07) is 9.96. The molecule has 0 atom stereocenters. The van der Waals surface area contributed by atoms with E-state index < -0.39 is 5.82 Å². The van der Waals surface area contributed by atoms with Gasteiger partial charge >= 0.3 is 0 Å². The minimum atomic E-state index is -0.615. The summed E-state index contributed by atoms with van der Waals surface area (Å²) in [4.78, 5) is 0. The maximum atomic E-state index is 16.3. The van der Waals surface area contributed by atoms with Crippen molar-refractivity contribution in [2.75, 3.05) is 14.2 Å². The molecule has 4 aromatic carbocycles. The zero-order valence-electron chi connectivity index (χ0n) is 18.7. The maximum absolute atomic E-state index is 16.3. The highest BCUT2D eigenvalue weighted by Gasteiger charge is 2.23. The summed E-state index contributed by atoms with van der Waals surface area (Å²) >= 11 is 0. The van der Waals surface area contributed by atoms with Crippen LogP contribution in [0, 0.1) is 5.82 Å². The summed E-state index contributed by atoms with van der Waals surface area (Å²) < 4.78 is 27.2. The second kappa shape index (κ2) is 9.05. The minimum absolute atomic E-state index is 0.0254. The van der Waals surface area contributed by atoms with Gasteiger partial charge in [-0.1, -0.05) is 46.1 Å². The van der Waals surface area contributed by atoms with Gasteiger partial charge in [0.05, 0.1) is 19.8 Å². The van der Waals surface area contributed by atoms with Crippen LogP contribution in [0.4, 0.5) is 4.39 Å². The molecule has 0 heterocycles. The number of benzene rings is 4. The van der Waals surface area contributed by atoms with Gasteiger partial charge < -0.3 is 9.47 Å². The zero-order chi connectivity index (χ0) is 24.9. The summed E-state index contributed by atoms with van der Waals surface area (Å²) in [5.41, 5.74) is 1.32. The van der Waals surface area contributed by atoms with Crippen LogP contribution in [0.1, 0.15) is 0 Å². The molecule has 34 heavy (non-hydrogen) atoms. The van der Waals surface area contributed by atoms with E-state index in [1.54, 1.807) is 36.4 Å². The average molecular weight is 427 g/mol. The van der Waals surface area contributed by atoms with Crippen molar-refractivity contribution in [1.82, 2.24) is 0 Å². The first-order chi connectivity index (χ1) is 16.1. The third-order valence-electron chi connectivity index (χ3n) is 5.99. The van der Waals surface area contributed by atoms with Gasteiger partial charge in [0.1, 0.15) is 72.2 Å². The van der Waals surface area contributed by atoms with E-state index in [-0.39, 0.29) is 65.7 Å². The van der Waals surface area contributed by atoms with Crippen molar-refractivity contribution in [2.45, 2.75) is 0 Å². The van der Waals surface area contributed by atoms with Crippen molar-refractivity contribution in [3.8, 4) is 33.8 Å². The van der Waals surface area contributed by atoms with E-state index in [0.29, 0.717) is 17.1 Å². The highest BCUT2D eigenvalue weighted by molar-refractivity contribution is 6.71. The van der Waals surface area contributed by atoms with Gasteiger partial charge in [0.25, 0.3) is 0 Å². The summed E-state index contributed by atoms with van der Waals surface area (Å²) in [7, 11) is 46.5. The van der Waals surface area contributed by atoms with Gasteiger partial charge in [-0.05, 0) is 28.5 Å². The predicted octanol–water partition coefficient (Wildman–Crippen LogP) is -2.11. The normalized spacial score (nSPS) is 11.0. The van der Waals surface area contributed by atoms with E-state index in [9.17, 15) is 0 Å². The lowest BCUT2D eigenvalue weighted by atomic mass is 9.58. The van der Waals surface area contributed by atoms with Crippen LogP contribution >= 0.6 is 0 Å². The number of halogens is 1. The van der Waals surface area contributed by atoms with Crippen LogP contribution in [0.25, 0.3) is 33.0 Å². The first-order valence-electron chi connectivity index (χ1n) is 10.2. The molecule has 2 nitrogen and oxygen atoms in total. The second-order valence-electron chi connectivity index (χ2n) is 7.73. The number of rotatable bonds is 4. The topological polar surface area (TPSA) is 18.5 Å². The Labute approximate surface area is 207 Å². The van der Waals surface area contributed by atoms with E-state index in [4.69, 9.17) is 64.4 Å². The number of ether oxygens (including phenoxy) is 2. The van der Waals surface area contributed by atoms with Crippen LogP contribution in [0.2, 0.25) is 0 Å². The lowest BCUT2D eigenvalue weighted by Crippen LogP contribution is -2.52. The van der Waals surface area contributed by atoms with Gasteiger partial charge in [0.15, 0.2) is 0 Å². The minimum Gasteiger partial charge on any atom is -0.496 e. The third-order valence-corrected chi connectivity index (χ3v) is 5.99. The molecule has 0 amide bonds. The molecule has 0 unspecified atom stereocenters. The number of methoxy groups -OCH3 is 2. The molecule has 0 saturated carbocycles. The van der Waals surface area contributed by atoms with Crippen LogP contribution in [-0.4, -0.2) is 69.1 Å². The fourth-order valence-corrected chi connectivity index (χ4v) is 4.23. The summed E-state index contributed by atoms with van der Waals surface area (Å²) in [6.45, 7) is 0. The third kappa shape index (κ3) is 3.50. The molecule has 14 radical (unpaired) electrons. The van der Waals surface area contributed by atoms with E-state index in [2.05, 4.69) is 0 Å². The first-order valence-corrected chi connectivity index (χ1v) is 10.2. The second-order valence-corrected chi connectivity index (χ2v) is 7.73. The molecule has 0 aliphatic rings. The molecular weight excluding hydrogens is 415 g/mol. The highest BCUT2D eigenvalue weighted by atomic mass is 19.1. The Morgan fingerprint density at radius 3 is 1.44 bits per heavy atom. The molecule has 0 saturated heterocycles. The maximum Gasteiger partial charge on any atom is 0.139 e. The van der Waals surface area contributed by atoms with Crippen molar-refractivity contribution < 1.29 is 13.9 Å². The van der Waals surface area contributed by atoms with Gasteiger partial charge in [0.2, 0.25) is 0 Å². The van der Waals surface area contributed by atoms with Crippen LogP contribution in [0.5, 0.6) is 11.5 Å². The Morgan fingerprint density at radius 1 is 0.529 bits per heavy atom. The first kappa shape index (κ1) is 24.3. The molecule has 148 valence electrons. The van der Waals surface area contributed by atoms with E-state index in [1.165, 1.54) is 14.2 Å². The van der Waals surface area contributed by atoms with Crippen molar-refractivity contribution in [3.05, 3.63) is 42.2 Å². The van der Waals surface area contributed by atoms with E-state index in [0.717, 1.165) is 0 Å². The lowest BCUT2D eigenvalue weighted by molar-refractivity contribution is 0.397. The predicted molar refractivity (Wildman–Crippen MR) is 146 cm³/mol. The van der Waals surface area contributed by atoms with Gasteiger partial charge in [-0.3, -0.25) is 0 Å².